The Morgan fingerprint density at radius 1 is 1.13 bits per heavy atom. The zero-order chi connectivity index (χ0) is 21.8. The van der Waals surface area contributed by atoms with Crippen molar-refractivity contribution in [2.45, 2.75) is 70.5 Å². The first-order valence-corrected chi connectivity index (χ1v) is 11.2. The van der Waals surface area contributed by atoms with Crippen LogP contribution in [0.3, 0.4) is 0 Å². The third kappa shape index (κ3) is 5.06. The van der Waals surface area contributed by atoms with E-state index >= 15 is 0 Å². The molecule has 0 spiro atoms. The van der Waals surface area contributed by atoms with Gasteiger partial charge in [-0.25, -0.2) is 4.79 Å². The molecule has 166 valence electrons. The van der Waals surface area contributed by atoms with Gasteiger partial charge in [0.2, 0.25) is 11.8 Å². The van der Waals surface area contributed by atoms with Crippen LogP contribution in [-0.2, 0) is 27.4 Å². The molecule has 1 saturated carbocycles. The van der Waals surface area contributed by atoms with Crippen molar-refractivity contribution in [3.05, 3.63) is 34.9 Å². The minimum atomic E-state index is -0.627. The summed E-state index contributed by atoms with van der Waals surface area (Å²) in [6.07, 6.45) is 7.34. The van der Waals surface area contributed by atoms with Crippen LogP contribution in [0.4, 0.5) is 4.79 Å². The fraction of sp³-hybridized carbons (Fsp3) is 0.565. The minimum absolute atomic E-state index is 0.221. The molecular weight excluding hydrogens is 398 g/mol. The molecule has 4 amide bonds. The lowest BCUT2D eigenvalue weighted by molar-refractivity contribution is -0.136. The molecule has 2 heterocycles. The first-order chi connectivity index (χ1) is 15.0. The van der Waals surface area contributed by atoms with Gasteiger partial charge in [-0.2, -0.15) is 0 Å². The molecule has 1 aliphatic carbocycles. The van der Waals surface area contributed by atoms with E-state index in [1.807, 2.05) is 12.1 Å². The summed E-state index contributed by atoms with van der Waals surface area (Å²) in [6.45, 7) is 1.04. The fourth-order valence-electron chi connectivity index (χ4n) is 4.73. The van der Waals surface area contributed by atoms with Crippen molar-refractivity contribution in [1.29, 1.82) is 0 Å². The number of rotatable bonds is 6. The lowest BCUT2D eigenvalue weighted by atomic mass is 9.87. The molecular formula is C23H29N3O5. The summed E-state index contributed by atoms with van der Waals surface area (Å²) >= 11 is 0. The molecule has 2 N–H and O–H groups in total. The summed E-state index contributed by atoms with van der Waals surface area (Å²) in [5.74, 6) is -0.280. The van der Waals surface area contributed by atoms with Crippen LogP contribution in [0, 0.1) is 5.92 Å². The standard InChI is InChI=1S/C23H29N3O5/c27-20-9-8-19(21(28)25-20)26-14-17-7-6-16(12-18(17)22(26)29)13-24-23(30)31-11-10-15-4-2-1-3-5-15/h6-7,12,15,19H,1-5,8-11,13-14H2,(H,24,30)(H,25,27,28). The fourth-order valence-corrected chi connectivity index (χ4v) is 4.73. The number of carbonyl (C=O) groups excluding carboxylic acids is 4. The lowest BCUT2D eigenvalue weighted by Crippen LogP contribution is -2.52. The number of nitrogens with zero attached hydrogens (tertiary/aromatic N) is 1. The van der Waals surface area contributed by atoms with E-state index < -0.39 is 18.0 Å². The monoisotopic (exact) mass is 427 g/mol. The number of ether oxygens (including phenoxy) is 1. The summed E-state index contributed by atoms with van der Waals surface area (Å²) in [7, 11) is 0. The summed E-state index contributed by atoms with van der Waals surface area (Å²) in [6, 6.07) is 4.84. The highest BCUT2D eigenvalue weighted by Crippen LogP contribution is 2.28. The van der Waals surface area contributed by atoms with Crippen molar-refractivity contribution in [3.63, 3.8) is 0 Å². The first-order valence-electron chi connectivity index (χ1n) is 11.2. The van der Waals surface area contributed by atoms with Gasteiger partial charge in [0, 0.05) is 25.1 Å². The summed E-state index contributed by atoms with van der Waals surface area (Å²) in [4.78, 5) is 49.9. The van der Waals surface area contributed by atoms with Gasteiger partial charge < -0.3 is 15.0 Å². The van der Waals surface area contributed by atoms with Gasteiger partial charge >= 0.3 is 6.09 Å². The number of carbonyl (C=O) groups is 4. The third-order valence-corrected chi connectivity index (χ3v) is 6.51. The molecule has 8 nitrogen and oxygen atoms in total. The van der Waals surface area contributed by atoms with Gasteiger partial charge in [-0.15, -0.1) is 0 Å². The summed E-state index contributed by atoms with van der Waals surface area (Å²) in [5.41, 5.74) is 2.17. The van der Waals surface area contributed by atoms with E-state index in [0.717, 1.165) is 17.5 Å². The topological polar surface area (TPSA) is 105 Å². The van der Waals surface area contributed by atoms with E-state index in [1.54, 1.807) is 6.07 Å². The zero-order valence-corrected chi connectivity index (χ0v) is 17.7. The van der Waals surface area contributed by atoms with Crippen molar-refractivity contribution < 1.29 is 23.9 Å². The molecule has 0 radical (unpaired) electrons. The number of benzene rings is 1. The number of fused-ring (bicyclic) bond motifs is 1. The van der Waals surface area contributed by atoms with Crippen molar-refractivity contribution >= 4 is 23.8 Å². The van der Waals surface area contributed by atoms with Gasteiger partial charge in [0.25, 0.3) is 5.91 Å². The number of nitrogens with one attached hydrogen (secondary N) is 2. The highest BCUT2D eigenvalue weighted by atomic mass is 16.5. The Bertz CT molecular complexity index is 878. The Hall–Kier alpha value is -2.90. The molecule has 1 unspecified atom stereocenters. The number of alkyl carbamates (subject to hydrolysis) is 1. The molecule has 1 atom stereocenters. The van der Waals surface area contributed by atoms with Gasteiger partial charge in [0.1, 0.15) is 6.04 Å². The molecule has 1 aromatic carbocycles. The largest absolute Gasteiger partial charge is 0.450 e. The van der Waals surface area contributed by atoms with Crippen LogP contribution in [-0.4, -0.2) is 41.4 Å². The van der Waals surface area contributed by atoms with E-state index in [9.17, 15) is 19.2 Å². The van der Waals surface area contributed by atoms with E-state index in [-0.39, 0.29) is 24.8 Å². The van der Waals surface area contributed by atoms with Crippen LogP contribution in [0.25, 0.3) is 0 Å². The molecule has 4 rings (SSSR count). The van der Waals surface area contributed by atoms with Gasteiger partial charge in [-0.3, -0.25) is 19.7 Å². The molecule has 8 heteroatoms. The maximum Gasteiger partial charge on any atom is 0.407 e. The number of hydrogen-bond donors (Lipinski definition) is 2. The van der Waals surface area contributed by atoms with Crippen molar-refractivity contribution in [3.8, 4) is 0 Å². The Kier molecular flexibility index (Phi) is 6.53. The Balaban J connectivity index is 1.27. The molecule has 0 bridgehead atoms. The first kappa shape index (κ1) is 21.3. The third-order valence-electron chi connectivity index (χ3n) is 6.51. The lowest BCUT2D eigenvalue weighted by Gasteiger charge is -2.29. The Labute approximate surface area is 181 Å². The second kappa shape index (κ2) is 9.49. The highest BCUT2D eigenvalue weighted by molar-refractivity contribution is 6.05. The quantitative estimate of drug-likeness (QED) is 0.679. The van der Waals surface area contributed by atoms with E-state index in [1.165, 1.54) is 37.0 Å². The van der Waals surface area contributed by atoms with Crippen LogP contribution in [0.5, 0.6) is 0 Å². The van der Waals surface area contributed by atoms with Crippen LogP contribution in [0.15, 0.2) is 18.2 Å². The molecule has 1 aromatic rings. The Morgan fingerprint density at radius 3 is 2.71 bits per heavy atom. The van der Waals surface area contributed by atoms with Crippen LogP contribution in [0.1, 0.15) is 72.9 Å². The smallest absolute Gasteiger partial charge is 0.407 e. The second-order valence-electron chi connectivity index (χ2n) is 8.67. The van der Waals surface area contributed by atoms with Crippen LogP contribution >= 0.6 is 0 Å². The van der Waals surface area contributed by atoms with Gasteiger partial charge in [-0.05, 0) is 36.0 Å². The predicted octanol–water partition coefficient (Wildman–Crippen LogP) is 2.64. The van der Waals surface area contributed by atoms with Gasteiger partial charge in [0.15, 0.2) is 0 Å². The number of amides is 4. The molecule has 31 heavy (non-hydrogen) atoms. The van der Waals surface area contributed by atoms with E-state index in [0.29, 0.717) is 31.1 Å². The molecule has 1 saturated heterocycles. The maximum atomic E-state index is 12.9. The number of piperidine rings is 1. The highest BCUT2D eigenvalue weighted by Gasteiger charge is 2.39. The van der Waals surface area contributed by atoms with Gasteiger partial charge in [-0.1, -0.05) is 44.2 Å². The van der Waals surface area contributed by atoms with Crippen molar-refractivity contribution in [2.75, 3.05) is 6.61 Å². The van der Waals surface area contributed by atoms with Crippen molar-refractivity contribution in [1.82, 2.24) is 15.5 Å². The van der Waals surface area contributed by atoms with Crippen LogP contribution < -0.4 is 10.6 Å². The number of imide groups is 1. The summed E-state index contributed by atoms with van der Waals surface area (Å²) in [5, 5.41) is 5.04. The molecule has 3 aliphatic rings. The second-order valence-corrected chi connectivity index (χ2v) is 8.67. The molecule has 2 fully saturated rings. The average Bonchev–Trinajstić information content (AvgIpc) is 3.09. The minimum Gasteiger partial charge on any atom is -0.450 e. The van der Waals surface area contributed by atoms with Crippen LogP contribution in [0.2, 0.25) is 0 Å². The Morgan fingerprint density at radius 2 is 1.94 bits per heavy atom. The van der Waals surface area contributed by atoms with E-state index in [4.69, 9.17) is 4.74 Å². The summed E-state index contributed by atoms with van der Waals surface area (Å²) < 4.78 is 5.30. The molecule has 2 aliphatic heterocycles. The predicted molar refractivity (Wildman–Crippen MR) is 112 cm³/mol. The SMILES string of the molecule is O=C1CCC(N2Cc3ccc(CNC(=O)OCCC4CCCCC4)cc3C2=O)C(=O)N1. The number of hydrogen-bond acceptors (Lipinski definition) is 5. The van der Waals surface area contributed by atoms with Gasteiger partial charge in [0.05, 0.1) is 6.61 Å². The average molecular weight is 428 g/mol. The van der Waals surface area contributed by atoms with E-state index in [2.05, 4.69) is 10.6 Å². The maximum absolute atomic E-state index is 12.9. The zero-order valence-electron chi connectivity index (χ0n) is 17.7. The molecule has 0 aromatic heterocycles. The normalized spacial score (nSPS) is 21.6. The van der Waals surface area contributed by atoms with Crippen molar-refractivity contribution in [2.24, 2.45) is 5.92 Å².